The van der Waals surface area contributed by atoms with Gasteiger partial charge in [0.1, 0.15) is 0 Å². The van der Waals surface area contributed by atoms with Crippen molar-refractivity contribution in [2.24, 2.45) is 44.1 Å². The zero-order valence-corrected chi connectivity index (χ0v) is 58.6. The number of hydrogen-bond acceptors (Lipinski definition) is 10. The molecule has 2 aliphatic carbocycles. The van der Waals surface area contributed by atoms with Crippen LogP contribution in [0, 0.1) is 23.7 Å². The summed E-state index contributed by atoms with van der Waals surface area (Å²) < 4.78 is 0. The lowest BCUT2D eigenvalue weighted by atomic mass is 9.79. The largest absolute Gasteiger partial charge is 0.355 e. The Morgan fingerprint density at radius 2 is 0.902 bits per heavy atom. The number of benzene rings is 3. The number of unbranched alkanes of at least 4 members (excludes halogenated alkanes) is 8. The third-order valence-electron chi connectivity index (χ3n) is 18.4. The van der Waals surface area contributed by atoms with Gasteiger partial charge in [0, 0.05) is 94.1 Å². The third-order valence-corrected chi connectivity index (χ3v) is 20.8. The van der Waals surface area contributed by atoms with Crippen LogP contribution in [0.1, 0.15) is 179 Å². The van der Waals surface area contributed by atoms with Gasteiger partial charge in [-0.25, -0.2) is 0 Å². The minimum absolute atomic E-state index is 0.000884. The van der Waals surface area contributed by atoms with Gasteiger partial charge in [0.05, 0.1) is 40.0 Å². The molecule has 3 aromatic rings. The van der Waals surface area contributed by atoms with Crippen LogP contribution in [0.3, 0.4) is 0 Å². The molecule has 23 heteroatoms. The standard InChI is InChI=1S/C69H75Cl9N8O6/c1-5-7-9-11-13-19-41(27-25-39(3)70)48-35-55(87)85(66(48)91)45-21-17-29-68(37-45,60-51(75)31-43(72)32-52(60)76)79-62-58(64(89)83-81-62)57(47-23-15-16-24-50(47)74)59-63(82-84-65(59)90)80-69(61-53(77)33-44(73)34-54(61)78)30-18-22-46(38-69)86-56(88)36-49(67(86)92)42(28-26-40(4)71)20-14-12-10-8-6-2/h15-18,21-24,29-34,39-42,48-49,57,79-80H,5-14,19-20,25-28,35-38H2,1-4H3. The fourth-order valence-corrected chi connectivity index (χ4v) is 16.7. The zero-order chi connectivity index (χ0) is 66.2. The lowest BCUT2D eigenvalue weighted by Crippen LogP contribution is -2.45. The summed E-state index contributed by atoms with van der Waals surface area (Å²) in [5.74, 6) is -6.40. The molecule has 4 heterocycles. The highest BCUT2D eigenvalue weighted by Gasteiger charge is 2.51. The first-order valence-electron chi connectivity index (χ1n) is 31.8. The number of allylic oxidation sites excluding steroid dienone is 4. The Labute approximate surface area is 583 Å². The van der Waals surface area contributed by atoms with E-state index in [-0.39, 0.29) is 147 Å². The maximum atomic E-state index is 15.0. The van der Waals surface area contributed by atoms with Crippen LogP contribution < -0.4 is 10.6 Å². The fraction of sp³-hybridized carbons (Fsp3) is 0.478. The average Bonchev–Trinajstić information content (AvgIpc) is 1.31. The summed E-state index contributed by atoms with van der Waals surface area (Å²) >= 11 is 62.1. The van der Waals surface area contributed by atoms with Gasteiger partial charge in [-0.2, -0.15) is 0 Å². The van der Waals surface area contributed by atoms with Crippen molar-refractivity contribution in [2.75, 3.05) is 0 Å². The van der Waals surface area contributed by atoms with E-state index in [0.717, 1.165) is 77.0 Å². The van der Waals surface area contributed by atoms with Gasteiger partial charge in [-0.3, -0.25) is 38.6 Å². The fourth-order valence-electron chi connectivity index (χ4n) is 13.9. The van der Waals surface area contributed by atoms with Crippen LogP contribution in [0.4, 0.5) is 0 Å². The van der Waals surface area contributed by atoms with E-state index >= 15 is 0 Å². The molecule has 8 unspecified atom stereocenters. The summed E-state index contributed by atoms with van der Waals surface area (Å²) in [6.07, 6.45) is 24.5. The molecule has 0 radical (unpaired) electrons. The number of nitrogens with zero attached hydrogens (tertiary/aromatic N) is 6. The Morgan fingerprint density at radius 1 is 0.511 bits per heavy atom. The highest BCUT2D eigenvalue weighted by Crippen LogP contribution is 2.51. The molecule has 2 fully saturated rings. The van der Waals surface area contributed by atoms with Gasteiger partial charge in [-0.05, 0) is 112 Å². The van der Waals surface area contributed by atoms with Crippen LogP contribution >= 0.6 is 104 Å². The molecule has 14 nitrogen and oxygen atoms in total. The van der Waals surface area contributed by atoms with Crippen molar-refractivity contribution in [3.05, 3.63) is 171 Å². The van der Waals surface area contributed by atoms with Crippen LogP contribution in [0.15, 0.2) is 140 Å². The Balaban J connectivity index is 1.13. The van der Waals surface area contributed by atoms with Crippen molar-refractivity contribution >= 4 is 140 Å². The van der Waals surface area contributed by atoms with E-state index in [1.807, 2.05) is 13.8 Å². The number of rotatable bonds is 31. The first-order valence-corrected chi connectivity index (χ1v) is 35.3. The summed E-state index contributed by atoms with van der Waals surface area (Å²) in [4.78, 5) is 91.2. The van der Waals surface area contributed by atoms with E-state index in [9.17, 15) is 28.8 Å². The number of alkyl halides is 2. The highest BCUT2D eigenvalue weighted by molar-refractivity contribution is 6.40. The molecule has 2 N–H and O–H groups in total. The predicted molar refractivity (Wildman–Crippen MR) is 367 cm³/mol. The van der Waals surface area contributed by atoms with E-state index in [4.69, 9.17) is 104 Å². The molecule has 9 rings (SSSR count). The van der Waals surface area contributed by atoms with Gasteiger partial charge in [0.25, 0.3) is 11.8 Å². The number of hydrogen-bond donors (Lipinski definition) is 2. The van der Waals surface area contributed by atoms with Crippen molar-refractivity contribution in [3.8, 4) is 0 Å². The molecule has 0 saturated carbocycles. The van der Waals surface area contributed by atoms with Gasteiger partial charge in [0.2, 0.25) is 23.6 Å². The van der Waals surface area contributed by atoms with E-state index in [1.54, 1.807) is 60.7 Å². The van der Waals surface area contributed by atoms with E-state index in [2.05, 4.69) is 44.9 Å². The molecule has 92 heavy (non-hydrogen) atoms. The van der Waals surface area contributed by atoms with Gasteiger partial charge < -0.3 is 10.6 Å². The molecule has 4 aliphatic heterocycles. The molecule has 6 aliphatic rings. The Kier molecular flexibility index (Phi) is 24.7. The second-order valence-corrected chi connectivity index (χ2v) is 29.4. The number of azo groups is 2. The molecule has 2 saturated heterocycles. The number of amides is 6. The topological polar surface area (TPSA) is 182 Å². The average molecular weight is 1430 g/mol. The third kappa shape index (κ3) is 16.0. The van der Waals surface area contributed by atoms with E-state index < -0.39 is 40.6 Å². The summed E-state index contributed by atoms with van der Waals surface area (Å²) in [6, 6.07) is 12.6. The highest BCUT2D eigenvalue weighted by atomic mass is 35.5. The molecule has 8 atom stereocenters. The van der Waals surface area contributed by atoms with Crippen molar-refractivity contribution in [1.82, 2.24) is 20.4 Å². The lowest BCUT2D eigenvalue weighted by Gasteiger charge is -2.39. The maximum Gasteiger partial charge on any atom is 0.296 e. The first kappa shape index (κ1) is 71.4. The normalized spacial score (nSPS) is 23.2. The van der Waals surface area contributed by atoms with Crippen molar-refractivity contribution in [2.45, 2.75) is 184 Å². The van der Waals surface area contributed by atoms with Crippen molar-refractivity contribution < 1.29 is 28.8 Å². The number of likely N-dealkylation sites (tertiary alicyclic amines) is 2. The summed E-state index contributed by atoms with van der Waals surface area (Å²) in [6.45, 7) is 8.17. The molecule has 490 valence electrons. The quantitative estimate of drug-likeness (QED) is 0.0362. The number of imide groups is 2. The summed E-state index contributed by atoms with van der Waals surface area (Å²) in [7, 11) is 0. The Morgan fingerprint density at radius 3 is 1.28 bits per heavy atom. The molecule has 0 bridgehead atoms. The second kappa shape index (κ2) is 31.8. The van der Waals surface area contributed by atoms with Crippen LogP contribution in [0.25, 0.3) is 0 Å². The number of nitrogens with one attached hydrogen (secondary N) is 2. The van der Waals surface area contributed by atoms with E-state index in [0.29, 0.717) is 37.1 Å². The minimum atomic E-state index is -1.63. The predicted octanol–water partition coefficient (Wildman–Crippen LogP) is 19.9. The minimum Gasteiger partial charge on any atom is -0.355 e. The monoisotopic (exact) mass is 1430 g/mol. The molecule has 0 spiro atoms. The molecule has 6 amide bonds. The Bertz CT molecular complexity index is 3380. The summed E-state index contributed by atoms with van der Waals surface area (Å²) in [5, 5.41) is 24.7. The molecular weight excluding hydrogens is 1360 g/mol. The second-order valence-electron chi connectivity index (χ2n) is 25.0. The summed E-state index contributed by atoms with van der Waals surface area (Å²) in [5.41, 5.74) is -2.30. The van der Waals surface area contributed by atoms with Crippen LogP contribution in [-0.4, -0.2) is 56.0 Å². The van der Waals surface area contributed by atoms with Gasteiger partial charge in [-0.15, -0.1) is 43.7 Å². The van der Waals surface area contributed by atoms with Gasteiger partial charge >= 0.3 is 0 Å². The molecular formula is C69H75Cl9N8O6. The van der Waals surface area contributed by atoms with E-state index in [1.165, 1.54) is 34.1 Å². The maximum absolute atomic E-state index is 15.0. The van der Waals surface area contributed by atoms with Crippen molar-refractivity contribution in [3.63, 3.8) is 0 Å². The van der Waals surface area contributed by atoms with Crippen LogP contribution in [0.2, 0.25) is 35.2 Å². The van der Waals surface area contributed by atoms with Gasteiger partial charge in [0.15, 0.2) is 11.6 Å². The number of carbonyl (C=O) groups is 6. The molecule has 0 aromatic heterocycles. The van der Waals surface area contributed by atoms with Crippen LogP contribution in [0.5, 0.6) is 0 Å². The van der Waals surface area contributed by atoms with Crippen molar-refractivity contribution in [1.29, 1.82) is 0 Å². The first-order chi connectivity index (χ1) is 44.0. The smallest absolute Gasteiger partial charge is 0.296 e. The number of halogens is 9. The van der Waals surface area contributed by atoms with Gasteiger partial charge in [-0.1, -0.05) is 202 Å². The Hall–Kier alpha value is -4.87. The zero-order valence-electron chi connectivity index (χ0n) is 51.8. The number of carbonyl (C=O) groups excluding carboxylic acids is 6. The lowest BCUT2D eigenvalue weighted by molar-refractivity contribution is -0.139. The molecule has 3 aromatic carbocycles. The SMILES string of the molecule is CCCCCCCC(CCC(C)Cl)C1CC(=O)N(C2=CC=CC(NC3=C(C(C4=C(NC5(c6c(Cl)cc(Cl)cc6Cl)C=CC=C(N6C(=O)CC(C(CCCCCCC)CCC(C)Cl)C6=O)C5)N=NC4=O)c4ccccc4Cl)C(=O)N=N3)(c3c(Cl)cc(Cl)cc3Cl)C2)C1=O. The van der Waals surface area contributed by atoms with Crippen LogP contribution in [-0.2, 0) is 39.8 Å².